The Morgan fingerprint density at radius 2 is 1.75 bits per heavy atom. The van der Waals surface area contributed by atoms with E-state index in [0.717, 1.165) is 0 Å². The molecular formula is C39H54N4O12. The van der Waals surface area contributed by atoms with Gasteiger partial charge in [-0.25, -0.2) is 4.79 Å². The third-order valence-corrected chi connectivity index (χ3v) is 11.0. The van der Waals surface area contributed by atoms with Crippen molar-refractivity contribution in [2.45, 2.75) is 101 Å². The van der Waals surface area contributed by atoms with Gasteiger partial charge >= 0.3 is 5.97 Å². The summed E-state index contributed by atoms with van der Waals surface area (Å²) in [6, 6.07) is 10.7. The topological polar surface area (TPSA) is 228 Å². The third kappa shape index (κ3) is 9.22. The minimum absolute atomic E-state index is 0.0451. The van der Waals surface area contributed by atoms with Crippen LogP contribution in [0.5, 0.6) is 11.5 Å². The first-order chi connectivity index (χ1) is 25.9. The fourth-order valence-corrected chi connectivity index (χ4v) is 7.94. The SMILES string of the molecule is CC(=O)N[C@H]1[C@H]([C@H](O)[C@H](O)CNC(=O)c2cc(C)c(O)c(C)c2)O[C@@](CCN2CCOC[C@@]23CCN(C(=O)C(C)(C)Oc2ccccc2)C3)(C(=O)O)C[C@@H]1O. The molecule has 7 N–H and O–H groups in total. The summed E-state index contributed by atoms with van der Waals surface area (Å²) in [6.45, 7) is 9.39. The highest BCUT2D eigenvalue weighted by atomic mass is 16.6. The van der Waals surface area contributed by atoms with Crippen LogP contribution in [0.2, 0.25) is 0 Å². The van der Waals surface area contributed by atoms with Crippen LogP contribution < -0.4 is 15.4 Å². The first-order valence-corrected chi connectivity index (χ1v) is 18.6. The minimum Gasteiger partial charge on any atom is -0.507 e. The number of aliphatic hydroxyl groups excluding tert-OH is 3. The van der Waals surface area contributed by atoms with Crippen LogP contribution >= 0.6 is 0 Å². The molecule has 0 aliphatic carbocycles. The summed E-state index contributed by atoms with van der Waals surface area (Å²) >= 11 is 0. The summed E-state index contributed by atoms with van der Waals surface area (Å²) in [7, 11) is 0. The number of aliphatic hydroxyl groups is 3. The van der Waals surface area contributed by atoms with Crippen LogP contribution in [0.4, 0.5) is 0 Å². The molecule has 1 spiro atoms. The Labute approximate surface area is 320 Å². The molecule has 3 saturated heterocycles. The van der Waals surface area contributed by atoms with Gasteiger partial charge in [-0.05, 0) is 69.5 Å². The second kappa shape index (κ2) is 16.8. The molecule has 55 heavy (non-hydrogen) atoms. The quantitative estimate of drug-likeness (QED) is 0.147. The van der Waals surface area contributed by atoms with E-state index >= 15 is 0 Å². The largest absolute Gasteiger partial charge is 0.507 e. The second-order valence-corrected chi connectivity index (χ2v) is 15.5. The average molecular weight is 771 g/mol. The number of aliphatic carboxylic acids is 1. The number of nitrogens with one attached hydrogen (secondary N) is 2. The zero-order valence-electron chi connectivity index (χ0n) is 32.0. The standard InChI is InChI=1S/C39H54N4O12/c1-23-17-26(18-24(2)31(23)47)34(49)40-20-29(46)32(48)33-30(41-25(3)44)28(45)19-39(55-33,36(51)52)12-14-43-15-16-53-22-38(43)11-13-42(21-38)35(50)37(4,5)54-27-9-7-6-8-10-27/h6-10,17-18,28-30,32-33,45-48H,11-16,19-22H2,1-5H3,(H,40,49)(H,41,44)(H,51,52)/t28-,29+,30+,32+,33+,38-,39+/m0/s1. The van der Waals surface area contributed by atoms with E-state index in [2.05, 4.69) is 15.5 Å². The highest BCUT2D eigenvalue weighted by Gasteiger charge is 2.56. The lowest BCUT2D eigenvalue weighted by Gasteiger charge is -2.49. The van der Waals surface area contributed by atoms with Crippen LogP contribution in [0.1, 0.15) is 61.5 Å². The van der Waals surface area contributed by atoms with Gasteiger partial charge in [0.1, 0.15) is 23.7 Å². The minimum atomic E-state index is -2.05. The van der Waals surface area contributed by atoms with E-state index in [-0.39, 0.29) is 30.2 Å². The molecule has 3 aliphatic heterocycles. The van der Waals surface area contributed by atoms with Crippen molar-refractivity contribution < 1.29 is 58.9 Å². The van der Waals surface area contributed by atoms with Crippen LogP contribution in [0, 0.1) is 13.8 Å². The van der Waals surface area contributed by atoms with Crippen LogP contribution in [-0.2, 0) is 23.9 Å². The molecule has 3 aliphatic rings. The fourth-order valence-electron chi connectivity index (χ4n) is 7.94. The van der Waals surface area contributed by atoms with E-state index in [4.69, 9.17) is 14.2 Å². The zero-order chi connectivity index (χ0) is 40.3. The van der Waals surface area contributed by atoms with Gasteiger partial charge in [0.05, 0.1) is 37.0 Å². The van der Waals surface area contributed by atoms with E-state index in [1.54, 1.807) is 44.7 Å². The van der Waals surface area contributed by atoms with Crippen LogP contribution in [-0.4, -0.2) is 152 Å². The lowest BCUT2D eigenvalue weighted by atomic mass is 9.81. The maximum absolute atomic E-state index is 13.8. The number of benzene rings is 2. The van der Waals surface area contributed by atoms with E-state index in [1.807, 2.05) is 18.2 Å². The van der Waals surface area contributed by atoms with Crippen molar-refractivity contribution in [1.29, 1.82) is 0 Å². The zero-order valence-corrected chi connectivity index (χ0v) is 32.0. The lowest BCUT2D eigenvalue weighted by molar-refractivity contribution is -0.231. The molecule has 16 nitrogen and oxygen atoms in total. The molecule has 2 aromatic rings. The van der Waals surface area contributed by atoms with Gasteiger partial charge in [-0.2, -0.15) is 0 Å². The molecule has 7 atom stereocenters. The van der Waals surface area contributed by atoms with Gasteiger partial charge in [-0.15, -0.1) is 0 Å². The fraction of sp³-hybridized carbons (Fsp3) is 0.590. The highest BCUT2D eigenvalue weighted by molar-refractivity contribution is 5.95. The smallest absolute Gasteiger partial charge is 0.336 e. The van der Waals surface area contributed by atoms with Gasteiger partial charge in [-0.1, -0.05) is 18.2 Å². The number of para-hydroxylation sites is 1. The average Bonchev–Trinajstić information content (AvgIpc) is 3.56. The molecule has 16 heteroatoms. The van der Waals surface area contributed by atoms with E-state index in [0.29, 0.717) is 56.1 Å². The van der Waals surface area contributed by atoms with Gasteiger partial charge in [0.25, 0.3) is 11.8 Å². The number of nitrogens with zero attached hydrogens (tertiary/aromatic N) is 2. The number of carboxylic acids is 1. The monoisotopic (exact) mass is 770 g/mol. The molecule has 2 aromatic carbocycles. The molecule has 0 unspecified atom stereocenters. The van der Waals surface area contributed by atoms with E-state index in [1.165, 1.54) is 19.1 Å². The maximum atomic E-state index is 13.8. The van der Waals surface area contributed by atoms with Gasteiger partial charge < -0.3 is 55.3 Å². The molecule has 0 bridgehead atoms. The first kappa shape index (κ1) is 41.8. The van der Waals surface area contributed by atoms with Gasteiger partial charge in [-0.3, -0.25) is 19.3 Å². The maximum Gasteiger partial charge on any atom is 0.336 e. The third-order valence-electron chi connectivity index (χ3n) is 11.0. The second-order valence-electron chi connectivity index (χ2n) is 15.5. The molecule has 5 rings (SSSR count). The molecule has 0 aromatic heterocycles. The molecule has 0 radical (unpaired) electrons. The summed E-state index contributed by atoms with van der Waals surface area (Å²) in [6.07, 6.45) is -6.70. The van der Waals surface area contributed by atoms with E-state index in [9.17, 15) is 44.7 Å². The van der Waals surface area contributed by atoms with Crippen molar-refractivity contribution in [2.24, 2.45) is 0 Å². The summed E-state index contributed by atoms with van der Waals surface area (Å²) in [5.41, 5.74) is -2.70. The predicted octanol–water partition coefficient (Wildman–Crippen LogP) is 0.490. The number of likely N-dealkylation sites (tertiary alicyclic amines) is 1. The number of phenols is 1. The Kier molecular flexibility index (Phi) is 12.8. The molecule has 3 fully saturated rings. The van der Waals surface area contributed by atoms with Crippen LogP contribution in [0.25, 0.3) is 0 Å². The number of carboxylic acid groups (broad SMARTS) is 1. The molecule has 3 heterocycles. The highest BCUT2D eigenvalue weighted by Crippen LogP contribution is 2.38. The van der Waals surface area contributed by atoms with E-state index < -0.39 is 77.9 Å². The van der Waals surface area contributed by atoms with Crippen molar-refractivity contribution >= 4 is 23.7 Å². The number of aryl methyl sites for hydroxylation is 2. The lowest BCUT2D eigenvalue weighted by Crippen LogP contribution is -2.68. The van der Waals surface area contributed by atoms with Crippen molar-refractivity contribution in [3.05, 3.63) is 59.2 Å². The molecule has 3 amide bonds. The van der Waals surface area contributed by atoms with Gasteiger partial charge in [0.15, 0.2) is 11.2 Å². The number of phenolic OH excluding ortho intramolecular Hbond substituents is 1. The van der Waals surface area contributed by atoms with Crippen molar-refractivity contribution in [3.63, 3.8) is 0 Å². The van der Waals surface area contributed by atoms with Crippen molar-refractivity contribution in [2.75, 3.05) is 45.9 Å². The molecule has 0 saturated carbocycles. The number of morpholine rings is 1. The summed E-state index contributed by atoms with van der Waals surface area (Å²) in [4.78, 5) is 55.7. The Balaban J connectivity index is 1.30. The first-order valence-electron chi connectivity index (χ1n) is 18.6. The Morgan fingerprint density at radius 3 is 2.38 bits per heavy atom. The van der Waals surface area contributed by atoms with Gasteiger partial charge in [0.2, 0.25) is 5.91 Å². The van der Waals surface area contributed by atoms with Crippen LogP contribution in [0.3, 0.4) is 0 Å². The van der Waals surface area contributed by atoms with Gasteiger partial charge in [0, 0.05) is 58.1 Å². The summed E-state index contributed by atoms with van der Waals surface area (Å²) in [5, 5.41) is 59.5. The summed E-state index contributed by atoms with van der Waals surface area (Å²) in [5.74, 6) is -2.18. The number of rotatable bonds is 13. The predicted molar refractivity (Wildman–Crippen MR) is 197 cm³/mol. The van der Waals surface area contributed by atoms with Crippen molar-refractivity contribution in [1.82, 2.24) is 20.4 Å². The number of aromatic hydroxyl groups is 1. The Hall–Kier alpha value is -4.32. The number of carbonyl (C=O) groups is 4. The number of hydrogen-bond acceptors (Lipinski definition) is 12. The Bertz CT molecular complexity index is 1700. The normalized spacial score (nSPS) is 27.0. The number of amides is 3. The molecule has 302 valence electrons. The number of hydrogen-bond donors (Lipinski definition) is 7. The van der Waals surface area contributed by atoms with Crippen LogP contribution in [0.15, 0.2) is 42.5 Å². The Morgan fingerprint density at radius 1 is 1.07 bits per heavy atom. The number of ether oxygens (including phenoxy) is 3. The summed E-state index contributed by atoms with van der Waals surface area (Å²) < 4.78 is 18.1. The molecular weight excluding hydrogens is 716 g/mol. The van der Waals surface area contributed by atoms with Crippen molar-refractivity contribution in [3.8, 4) is 11.5 Å². The number of carbonyl (C=O) groups excluding carboxylic acids is 3.